The van der Waals surface area contributed by atoms with Gasteiger partial charge in [-0.2, -0.15) is 0 Å². The van der Waals surface area contributed by atoms with Crippen molar-refractivity contribution >= 4 is 0 Å². The number of para-hydroxylation sites is 1. The van der Waals surface area contributed by atoms with E-state index >= 15 is 0 Å². The number of hydrogen-bond acceptors (Lipinski definition) is 1. The lowest BCUT2D eigenvalue weighted by molar-refractivity contribution is 0.152. The highest BCUT2D eigenvalue weighted by Crippen LogP contribution is 2.32. The molecule has 0 spiro atoms. The van der Waals surface area contributed by atoms with Gasteiger partial charge in [0.15, 0.2) is 0 Å². The zero-order valence-electron chi connectivity index (χ0n) is 12.9. The lowest BCUT2D eigenvalue weighted by Crippen LogP contribution is -2.23. The number of hydrogen-bond donors (Lipinski definition) is 0. The molecule has 1 aliphatic heterocycles. The first-order valence-electron chi connectivity index (χ1n) is 7.71. The Morgan fingerprint density at radius 2 is 2.00 bits per heavy atom. The minimum Gasteiger partial charge on any atom is -0.490 e. The Morgan fingerprint density at radius 1 is 1.26 bits per heavy atom. The van der Waals surface area contributed by atoms with Crippen LogP contribution in [-0.4, -0.2) is 6.10 Å². The SMILES string of the molecule is CC(CCCC1CCc2ccccc2O1)C(C)(C)C. The van der Waals surface area contributed by atoms with Gasteiger partial charge in [0.25, 0.3) is 0 Å². The van der Waals surface area contributed by atoms with Gasteiger partial charge in [-0.05, 0) is 48.6 Å². The van der Waals surface area contributed by atoms with E-state index in [2.05, 4.69) is 52.0 Å². The van der Waals surface area contributed by atoms with Gasteiger partial charge < -0.3 is 4.74 Å². The van der Waals surface area contributed by atoms with E-state index in [0.29, 0.717) is 11.5 Å². The van der Waals surface area contributed by atoms with Crippen LogP contribution in [-0.2, 0) is 6.42 Å². The summed E-state index contributed by atoms with van der Waals surface area (Å²) in [6.45, 7) is 9.39. The molecule has 0 saturated carbocycles. The summed E-state index contributed by atoms with van der Waals surface area (Å²) in [5.74, 6) is 1.89. The summed E-state index contributed by atoms with van der Waals surface area (Å²) in [6.07, 6.45) is 6.59. The van der Waals surface area contributed by atoms with E-state index in [9.17, 15) is 0 Å². The molecule has 0 radical (unpaired) electrons. The first-order chi connectivity index (χ1) is 8.97. The summed E-state index contributed by atoms with van der Waals surface area (Å²) in [7, 11) is 0. The van der Waals surface area contributed by atoms with Crippen LogP contribution in [0.4, 0.5) is 0 Å². The maximum Gasteiger partial charge on any atom is 0.122 e. The van der Waals surface area contributed by atoms with E-state index in [1.165, 1.54) is 37.7 Å². The van der Waals surface area contributed by atoms with E-state index < -0.39 is 0 Å². The normalized spacial score (nSPS) is 20.5. The minimum absolute atomic E-state index is 0.431. The third kappa shape index (κ3) is 3.99. The maximum atomic E-state index is 6.10. The smallest absolute Gasteiger partial charge is 0.122 e. The van der Waals surface area contributed by atoms with Crippen molar-refractivity contribution in [2.75, 3.05) is 0 Å². The number of aryl methyl sites for hydroxylation is 1. The maximum absolute atomic E-state index is 6.10. The number of ether oxygens (including phenoxy) is 1. The van der Waals surface area contributed by atoms with Crippen LogP contribution in [0.25, 0.3) is 0 Å². The Kier molecular flexibility index (Phi) is 4.54. The van der Waals surface area contributed by atoms with Gasteiger partial charge in [0, 0.05) is 0 Å². The second-order valence-electron chi connectivity index (χ2n) is 7.08. The van der Waals surface area contributed by atoms with Gasteiger partial charge in [0.05, 0.1) is 6.10 Å². The van der Waals surface area contributed by atoms with Crippen LogP contribution in [0.5, 0.6) is 5.75 Å². The van der Waals surface area contributed by atoms with Crippen molar-refractivity contribution in [3.63, 3.8) is 0 Å². The van der Waals surface area contributed by atoms with Gasteiger partial charge >= 0.3 is 0 Å². The largest absolute Gasteiger partial charge is 0.490 e. The molecule has 0 bridgehead atoms. The molecule has 2 atom stereocenters. The first-order valence-corrected chi connectivity index (χ1v) is 7.71. The van der Waals surface area contributed by atoms with E-state index in [-0.39, 0.29) is 0 Å². The molecule has 1 aromatic rings. The molecule has 0 aliphatic carbocycles. The lowest BCUT2D eigenvalue weighted by atomic mass is 9.79. The third-order valence-electron chi connectivity index (χ3n) is 4.64. The van der Waals surface area contributed by atoms with Crippen molar-refractivity contribution in [2.24, 2.45) is 11.3 Å². The molecule has 2 rings (SSSR count). The summed E-state index contributed by atoms with van der Waals surface area (Å²) in [6, 6.07) is 8.48. The summed E-state index contributed by atoms with van der Waals surface area (Å²) in [4.78, 5) is 0. The van der Waals surface area contributed by atoms with Crippen molar-refractivity contribution in [2.45, 2.75) is 65.9 Å². The number of benzene rings is 1. The summed E-state index contributed by atoms with van der Waals surface area (Å²) in [5, 5.41) is 0. The topological polar surface area (TPSA) is 9.23 Å². The molecule has 2 unspecified atom stereocenters. The van der Waals surface area contributed by atoms with Crippen LogP contribution in [0.2, 0.25) is 0 Å². The van der Waals surface area contributed by atoms with E-state index in [1.54, 1.807) is 0 Å². The van der Waals surface area contributed by atoms with Gasteiger partial charge in [-0.15, -0.1) is 0 Å². The van der Waals surface area contributed by atoms with Gasteiger partial charge in [-0.1, -0.05) is 52.3 Å². The fraction of sp³-hybridized carbons (Fsp3) is 0.667. The zero-order valence-corrected chi connectivity index (χ0v) is 12.9. The van der Waals surface area contributed by atoms with Crippen LogP contribution in [0, 0.1) is 11.3 Å². The van der Waals surface area contributed by atoms with Crippen LogP contribution in [0.3, 0.4) is 0 Å². The van der Waals surface area contributed by atoms with Crippen molar-refractivity contribution in [1.29, 1.82) is 0 Å². The average molecular weight is 260 g/mol. The van der Waals surface area contributed by atoms with Crippen molar-refractivity contribution in [3.05, 3.63) is 29.8 Å². The molecule has 19 heavy (non-hydrogen) atoms. The van der Waals surface area contributed by atoms with Crippen LogP contribution in [0.1, 0.15) is 58.9 Å². The molecule has 0 amide bonds. The Hall–Kier alpha value is -0.980. The predicted octanol–water partition coefficient (Wildman–Crippen LogP) is 5.23. The molecule has 0 N–H and O–H groups in total. The second-order valence-corrected chi connectivity index (χ2v) is 7.08. The Labute approximate surface area is 118 Å². The highest BCUT2D eigenvalue weighted by atomic mass is 16.5. The minimum atomic E-state index is 0.431. The average Bonchev–Trinajstić information content (AvgIpc) is 2.37. The Bertz CT molecular complexity index is 402. The quantitative estimate of drug-likeness (QED) is 0.720. The number of rotatable bonds is 4. The van der Waals surface area contributed by atoms with Gasteiger partial charge in [-0.3, -0.25) is 0 Å². The van der Waals surface area contributed by atoms with Crippen LogP contribution in [0.15, 0.2) is 24.3 Å². The van der Waals surface area contributed by atoms with Crippen LogP contribution >= 0.6 is 0 Å². The van der Waals surface area contributed by atoms with Crippen molar-refractivity contribution in [1.82, 2.24) is 0 Å². The molecular formula is C18H28O. The molecule has 1 heterocycles. The van der Waals surface area contributed by atoms with E-state index in [1.807, 2.05) is 0 Å². The molecule has 1 aliphatic rings. The second kappa shape index (κ2) is 5.98. The zero-order chi connectivity index (χ0) is 13.9. The lowest BCUT2D eigenvalue weighted by Gasteiger charge is -2.29. The van der Waals surface area contributed by atoms with Crippen LogP contribution < -0.4 is 4.74 Å². The summed E-state index contributed by atoms with van der Waals surface area (Å²) >= 11 is 0. The number of fused-ring (bicyclic) bond motifs is 1. The summed E-state index contributed by atoms with van der Waals surface area (Å²) in [5.41, 5.74) is 1.81. The standard InChI is InChI=1S/C18H28O/c1-14(18(2,3)4)8-7-10-16-13-12-15-9-5-6-11-17(15)19-16/h5-6,9,11,14,16H,7-8,10,12-13H2,1-4H3. The molecule has 0 aromatic heterocycles. The third-order valence-corrected chi connectivity index (χ3v) is 4.64. The monoisotopic (exact) mass is 260 g/mol. The van der Waals surface area contributed by atoms with E-state index in [4.69, 9.17) is 4.74 Å². The van der Waals surface area contributed by atoms with Crippen molar-refractivity contribution in [3.8, 4) is 5.75 Å². The molecule has 0 fully saturated rings. The van der Waals surface area contributed by atoms with E-state index in [0.717, 1.165) is 11.7 Å². The highest BCUT2D eigenvalue weighted by Gasteiger charge is 2.22. The highest BCUT2D eigenvalue weighted by molar-refractivity contribution is 5.35. The Balaban J connectivity index is 1.77. The first kappa shape index (κ1) is 14.4. The predicted molar refractivity (Wildman–Crippen MR) is 81.6 cm³/mol. The summed E-state index contributed by atoms with van der Waals surface area (Å²) < 4.78 is 6.10. The van der Waals surface area contributed by atoms with Crippen molar-refractivity contribution < 1.29 is 4.74 Å². The molecular weight excluding hydrogens is 232 g/mol. The molecule has 1 nitrogen and oxygen atoms in total. The fourth-order valence-electron chi connectivity index (χ4n) is 2.67. The Morgan fingerprint density at radius 3 is 2.74 bits per heavy atom. The molecule has 106 valence electrons. The fourth-order valence-corrected chi connectivity index (χ4v) is 2.67. The molecule has 1 aromatic carbocycles. The molecule has 0 saturated heterocycles. The van der Waals surface area contributed by atoms with Gasteiger partial charge in [0.1, 0.15) is 5.75 Å². The van der Waals surface area contributed by atoms with Gasteiger partial charge in [-0.25, -0.2) is 0 Å². The molecule has 1 heteroatoms. The van der Waals surface area contributed by atoms with Gasteiger partial charge in [0.2, 0.25) is 0 Å².